The monoisotopic (exact) mass is 365 g/mol. The van der Waals surface area contributed by atoms with Crippen LogP contribution in [0.4, 0.5) is 4.39 Å². The molecule has 0 bridgehead atoms. The van der Waals surface area contributed by atoms with E-state index in [9.17, 15) is 9.18 Å². The van der Waals surface area contributed by atoms with Gasteiger partial charge in [0.15, 0.2) is 0 Å². The topological polar surface area (TPSA) is 48.1 Å². The highest BCUT2D eigenvalue weighted by atomic mass is 19.1. The summed E-state index contributed by atoms with van der Waals surface area (Å²) >= 11 is 0. The summed E-state index contributed by atoms with van der Waals surface area (Å²) in [5.41, 5.74) is 3.13. The molecule has 1 saturated heterocycles. The lowest BCUT2D eigenvalue weighted by Crippen LogP contribution is -2.39. The van der Waals surface area contributed by atoms with Crippen molar-refractivity contribution in [3.63, 3.8) is 0 Å². The maximum Gasteiger partial charge on any atom is 0.251 e. The first-order chi connectivity index (χ1) is 13.2. The molecular weight excluding hydrogens is 341 g/mol. The highest BCUT2D eigenvalue weighted by Gasteiger charge is 2.22. The lowest BCUT2D eigenvalue weighted by Gasteiger charge is -2.32. The minimum atomic E-state index is -0.329. The molecular formula is C22H24FN3O. The Hall–Kier alpha value is -2.66. The van der Waals surface area contributed by atoms with E-state index < -0.39 is 0 Å². The molecule has 0 radical (unpaired) electrons. The standard InChI is InChI=1S/C22H24FN3O/c23-18-7-5-17(6-8-18)22(27)24-11-14-26-12-9-16(10-13-26)20-15-25-21-4-2-1-3-19(20)21/h1-8,15-16,25H,9-14H2,(H,24,27). The number of benzene rings is 2. The number of H-pyrrole nitrogens is 1. The maximum atomic E-state index is 12.9. The molecule has 4 rings (SSSR count). The summed E-state index contributed by atoms with van der Waals surface area (Å²) in [6.45, 7) is 3.52. The Bertz CT molecular complexity index is 911. The van der Waals surface area contributed by atoms with Gasteiger partial charge in [-0.3, -0.25) is 4.79 Å². The molecule has 5 heteroatoms. The van der Waals surface area contributed by atoms with E-state index in [1.807, 2.05) is 0 Å². The number of fused-ring (bicyclic) bond motifs is 1. The summed E-state index contributed by atoms with van der Waals surface area (Å²) in [5.74, 6) is 0.111. The molecule has 2 N–H and O–H groups in total. The van der Waals surface area contributed by atoms with E-state index in [-0.39, 0.29) is 11.7 Å². The lowest BCUT2D eigenvalue weighted by atomic mass is 9.89. The van der Waals surface area contributed by atoms with Crippen molar-refractivity contribution >= 4 is 16.8 Å². The molecule has 140 valence electrons. The molecule has 27 heavy (non-hydrogen) atoms. The molecule has 2 heterocycles. The molecule has 2 aromatic carbocycles. The third-order valence-corrected chi connectivity index (χ3v) is 5.47. The Kier molecular flexibility index (Phi) is 5.21. The number of likely N-dealkylation sites (tertiary alicyclic amines) is 1. The van der Waals surface area contributed by atoms with Gasteiger partial charge in [-0.1, -0.05) is 18.2 Å². The third-order valence-electron chi connectivity index (χ3n) is 5.47. The first-order valence-electron chi connectivity index (χ1n) is 9.53. The van der Waals surface area contributed by atoms with Crippen LogP contribution in [0.15, 0.2) is 54.7 Å². The zero-order valence-corrected chi connectivity index (χ0v) is 15.2. The molecule has 1 fully saturated rings. The predicted molar refractivity (Wildman–Crippen MR) is 105 cm³/mol. The first kappa shape index (κ1) is 17.7. The number of piperidine rings is 1. The molecule has 0 spiro atoms. The Morgan fingerprint density at radius 3 is 2.63 bits per heavy atom. The fourth-order valence-corrected chi connectivity index (χ4v) is 3.93. The summed E-state index contributed by atoms with van der Waals surface area (Å²) in [6.07, 6.45) is 4.43. The fourth-order valence-electron chi connectivity index (χ4n) is 3.93. The van der Waals surface area contributed by atoms with Crippen LogP contribution in [0.5, 0.6) is 0 Å². The van der Waals surface area contributed by atoms with Crippen molar-refractivity contribution in [3.8, 4) is 0 Å². The van der Waals surface area contributed by atoms with Crippen LogP contribution in [0.1, 0.15) is 34.7 Å². The number of hydrogen-bond acceptors (Lipinski definition) is 2. The van der Waals surface area contributed by atoms with Crippen LogP contribution < -0.4 is 5.32 Å². The van der Waals surface area contributed by atoms with E-state index in [1.54, 1.807) is 0 Å². The van der Waals surface area contributed by atoms with Crippen LogP contribution in [0, 0.1) is 5.82 Å². The van der Waals surface area contributed by atoms with Crippen molar-refractivity contribution < 1.29 is 9.18 Å². The molecule has 0 unspecified atom stereocenters. The van der Waals surface area contributed by atoms with Gasteiger partial charge in [0.1, 0.15) is 5.82 Å². The van der Waals surface area contributed by atoms with Gasteiger partial charge < -0.3 is 15.2 Å². The van der Waals surface area contributed by atoms with Gasteiger partial charge in [0.2, 0.25) is 0 Å². The molecule has 1 aromatic heterocycles. The second-order valence-corrected chi connectivity index (χ2v) is 7.17. The number of rotatable bonds is 5. The van der Waals surface area contributed by atoms with Gasteiger partial charge in [0, 0.05) is 35.8 Å². The Morgan fingerprint density at radius 2 is 1.85 bits per heavy atom. The number of para-hydroxylation sites is 1. The van der Waals surface area contributed by atoms with Crippen molar-refractivity contribution in [1.82, 2.24) is 15.2 Å². The van der Waals surface area contributed by atoms with Gasteiger partial charge >= 0.3 is 0 Å². The van der Waals surface area contributed by atoms with Crippen molar-refractivity contribution in [3.05, 3.63) is 71.7 Å². The molecule has 4 nitrogen and oxygen atoms in total. The SMILES string of the molecule is O=C(NCCN1CCC(c2c[nH]c3ccccc23)CC1)c1ccc(F)cc1. The summed E-state index contributed by atoms with van der Waals surface area (Å²) in [7, 11) is 0. The number of nitrogens with zero attached hydrogens (tertiary/aromatic N) is 1. The van der Waals surface area contributed by atoms with Gasteiger partial charge in [0.25, 0.3) is 5.91 Å². The summed E-state index contributed by atoms with van der Waals surface area (Å²) < 4.78 is 12.9. The number of halogens is 1. The zero-order chi connectivity index (χ0) is 18.6. The van der Waals surface area contributed by atoms with Gasteiger partial charge in [-0.2, -0.15) is 0 Å². The van der Waals surface area contributed by atoms with Crippen molar-refractivity contribution in [2.45, 2.75) is 18.8 Å². The summed E-state index contributed by atoms with van der Waals surface area (Å²) in [6, 6.07) is 14.1. The summed E-state index contributed by atoms with van der Waals surface area (Å²) in [4.78, 5) is 17.9. The van der Waals surface area contributed by atoms with Gasteiger partial charge in [-0.15, -0.1) is 0 Å². The van der Waals surface area contributed by atoms with Gasteiger partial charge in [0.05, 0.1) is 0 Å². The van der Waals surface area contributed by atoms with Crippen molar-refractivity contribution in [1.29, 1.82) is 0 Å². The maximum absolute atomic E-state index is 12.9. The number of amides is 1. The normalized spacial score (nSPS) is 15.9. The number of carbonyl (C=O) groups excluding carboxylic acids is 1. The first-order valence-corrected chi connectivity index (χ1v) is 9.53. The predicted octanol–water partition coefficient (Wildman–Crippen LogP) is 3.92. The molecule has 0 saturated carbocycles. The minimum absolute atomic E-state index is 0.149. The van der Waals surface area contributed by atoms with Gasteiger partial charge in [-0.05, 0) is 67.7 Å². The highest BCUT2D eigenvalue weighted by molar-refractivity contribution is 5.94. The number of hydrogen-bond donors (Lipinski definition) is 2. The van der Waals surface area contributed by atoms with E-state index in [0.717, 1.165) is 32.5 Å². The van der Waals surface area contributed by atoms with Crippen LogP contribution in [0.25, 0.3) is 10.9 Å². The smallest absolute Gasteiger partial charge is 0.251 e. The lowest BCUT2D eigenvalue weighted by molar-refractivity contribution is 0.0945. The largest absolute Gasteiger partial charge is 0.361 e. The van der Waals surface area contributed by atoms with Crippen LogP contribution in [0.3, 0.4) is 0 Å². The van der Waals surface area contributed by atoms with E-state index >= 15 is 0 Å². The van der Waals surface area contributed by atoms with Crippen LogP contribution >= 0.6 is 0 Å². The van der Waals surface area contributed by atoms with E-state index in [2.05, 4.69) is 45.7 Å². The minimum Gasteiger partial charge on any atom is -0.361 e. The fraction of sp³-hybridized carbons (Fsp3) is 0.318. The number of carbonyl (C=O) groups is 1. The van der Waals surface area contributed by atoms with Crippen LogP contribution in [-0.2, 0) is 0 Å². The van der Waals surface area contributed by atoms with Crippen LogP contribution in [-0.4, -0.2) is 42.0 Å². The average Bonchev–Trinajstić information content (AvgIpc) is 3.13. The second kappa shape index (κ2) is 7.92. The second-order valence-electron chi connectivity index (χ2n) is 7.17. The van der Waals surface area contributed by atoms with E-state index in [1.165, 1.54) is 40.7 Å². The highest BCUT2D eigenvalue weighted by Crippen LogP contribution is 2.32. The number of nitrogens with one attached hydrogen (secondary N) is 2. The zero-order valence-electron chi connectivity index (χ0n) is 15.2. The number of aromatic nitrogens is 1. The molecule has 1 aliphatic rings. The van der Waals surface area contributed by atoms with Crippen LogP contribution in [0.2, 0.25) is 0 Å². The molecule has 1 amide bonds. The van der Waals surface area contributed by atoms with E-state index in [4.69, 9.17) is 0 Å². The van der Waals surface area contributed by atoms with Gasteiger partial charge in [-0.25, -0.2) is 4.39 Å². The molecule has 3 aromatic rings. The number of aromatic amines is 1. The van der Waals surface area contributed by atoms with Crippen molar-refractivity contribution in [2.24, 2.45) is 0 Å². The molecule has 0 aliphatic carbocycles. The Labute approximate surface area is 158 Å². The average molecular weight is 365 g/mol. The Balaban J connectivity index is 1.25. The molecule has 0 atom stereocenters. The molecule has 1 aliphatic heterocycles. The Morgan fingerprint density at radius 1 is 1.11 bits per heavy atom. The van der Waals surface area contributed by atoms with Crippen molar-refractivity contribution in [2.75, 3.05) is 26.2 Å². The quantitative estimate of drug-likeness (QED) is 0.720. The summed E-state index contributed by atoms with van der Waals surface area (Å²) in [5, 5.41) is 4.26. The third kappa shape index (κ3) is 4.03. The van der Waals surface area contributed by atoms with E-state index in [0.29, 0.717) is 18.0 Å².